The minimum Gasteiger partial charge on any atom is -0.449 e. The predicted molar refractivity (Wildman–Crippen MR) is 74.1 cm³/mol. The molecule has 20 heavy (non-hydrogen) atoms. The molecule has 0 unspecified atom stereocenters. The van der Waals surface area contributed by atoms with Gasteiger partial charge in [-0.05, 0) is 31.2 Å². The molecule has 100 valence electrons. The number of hydrogen-bond acceptors (Lipinski definition) is 4. The van der Waals surface area contributed by atoms with Gasteiger partial charge in [-0.25, -0.2) is 0 Å². The smallest absolute Gasteiger partial charge is 0.314 e. The quantitative estimate of drug-likeness (QED) is 0.626. The molecular formula is C14H9ClN2O3. The standard InChI is InChI=1S/C14H9ClN2O3/c1-9-3-2-4-13(14(9)17(18)19)20-12-6-5-11(15)7-10(12)8-16/h2-7H,1H3. The molecule has 0 aliphatic rings. The number of nitrogens with zero attached hydrogens (tertiary/aromatic N) is 2. The Kier molecular flexibility index (Phi) is 3.87. The molecular weight excluding hydrogens is 280 g/mol. The number of nitro groups is 1. The minimum atomic E-state index is -0.507. The second-order valence-corrected chi connectivity index (χ2v) is 4.47. The Bertz CT molecular complexity index is 723. The van der Waals surface area contributed by atoms with Gasteiger partial charge in [0.2, 0.25) is 5.75 Å². The van der Waals surface area contributed by atoms with Crippen molar-refractivity contribution in [3.63, 3.8) is 0 Å². The van der Waals surface area contributed by atoms with E-state index in [-0.39, 0.29) is 22.7 Å². The van der Waals surface area contributed by atoms with Crippen molar-refractivity contribution in [2.75, 3.05) is 0 Å². The van der Waals surface area contributed by atoms with Gasteiger partial charge in [0.15, 0.2) is 0 Å². The van der Waals surface area contributed by atoms with Gasteiger partial charge in [-0.3, -0.25) is 10.1 Å². The highest BCUT2D eigenvalue weighted by Gasteiger charge is 2.19. The second-order valence-electron chi connectivity index (χ2n) is 4.03. The van der Waals surface area contributed by atoms with Crippen molar-refractivity contribution in [1.29, 1.82) is 5.26 Å². The van der Waals surface area contributed by atoms with Gasteiger partial charge in [0.25, 0.3) is 0 Å². The van der Waals surface area contributed by atoms with Crippen molar-refractivity contribution < 1.29 is 9.66 Å². The third-order valence-corrected chi connectivity index (χ3v) is 2.90. The van der Waals surface area contributed by atoms with E-state index in [9.17, 15) is 10.1 Å². The molecule has 0 aliphatic carbocycles. The average molecular weight is 289 g/mol. The largest absolute Gasteiger partial charge is 0.449 e. The van der Waals surface area contributed by atoms with Crippen molar-refractivity contribution in [3.05, 3.63) is 62.7 Å². The molecule has 0 amide bonds. The number of ether oxygens (including phenoxy) is 1. The number of nitro benzene ring substituents is 1. The summed E-state index contributed by atoms with van der Waals surface area (Å²) in [6.07, 6.45) is 0. The fourth-order valence-corrected chi connectivity index (χ4v) is 1.92. The summed E-state index contributed by atoms with van der Waals surface area (Å²) >= 11 is 5.79. The third-order valence-electron chi connectivity index (χ3n) is 2.67. The Morgan fingerprint density at radius 2 is 2.05 bits per heavy atom. The molecule has 0 spiro atoms. The van der Waals surface area contributed by atoms with Crippen LogP contribution in [0.25, 0.3) is 0 Å². The van der Waals surface area contributed by atoms with Crippen LogP contribution in [0.15, 0.2) is 36.4 Å². The van der Waals surface area contributed by atoms with Crippen LogP contribution in [0.4, 0.5) is 5.69 Å². The number of nitriles is 1. The summed E-state index contributed by atoms with van der Waals surface area (Å²) in [7, 11) is 0. The molecule has 0 heterocycles. The first-order valence-corrected chi connectivity index (χ1v) is 6.02. The molecule has 0 radical (unpaired) electrons. The van der Waals surface area contributed by atoms with Gasteiger partial charge in [0, 0.05) is 10.6 Å². The maximum absolute atomic E-state index is 11.1. The van der Waals surface area contributed by atoms with Crippen LogP contribution < -0.4 is 4.74 Å². The number of hydrogen-bond donors (Lipinski definition) is 0. The molecule has 2 rings (SSSR count). The molecule has 0 saturated carbocycles. The zero-order valence-corrected chi connectivity index (χ0v) is 11.2. The Hall–Kier alpha value is -2.58. The monoisotopic (exact) mass is 288 g/mol. The van der Waals surface area contributed by atoms with Crippen molar-refractivity contribution >= 4 is 17.3 Å². The topological polar surface area (TPSA) is 76.2 Å². The average Bonchev–Trinajstić information content (AvgIpc) is 2.40. The molecule has 2 aromatic rings. The molecule has 0 aromatic heterocycles. The van der Waals surface area contributed by atoms with Crippen molar-refractivity contribution in [2.45, 2.75) is 6.92 Å². The van der Waals surface area contributed by atoms with E-state index in [1.54, 1.807) is 25.1 Å². The van der Waals surface area contributed by atoms with E-state index in [1.807, 2.05) is 6.07 Å². The number of para-hydroxylation sites is 1. The zero-order valence-electron chi connectivity index (χ0n) is 10.5. The summed E-state index contributed by atoms with van der Waals surface area (Å²) in [5, 5.41) is 20.5. The highest BCUT2D eigenvalue weighted by atomic mass is 35.5. The highest BCUT2D eigenvalue weighted by Crippen LogP contribution is 2.35. The lowest BCUT2D eigenvalue weighted by Crippen LogP contribution is -1.97. The summed E-state index contributed by atoms with van der Waals surface area (Å²) in [5.41, 5.74) is 0.583. The normalized spacial score (nSPS) is 9.85. The van der Waals surface area contributed by atoms with Crippen molar-refractivity contribution in [2.24, 2.45) is 0 Å². The van der Waals surface area contributed by atoms with Gasteiger partial charge < -0.3 is 4.74 Å². The lowest BCUT2D eigenvalue weighted by molar-refractivity contribution is -0.386. The lowest BCUT2D eigenvalue weighted by Gasteiger charge is -2.09. The third kappa shape index (κ3) is 2.71. The first kappa shape index (κ1) is 13.8. The molecule has 0 fully saturated rings. The van der Waals surface area contributed by atoms with Crippen LogP contribution in [0, 0.1) is 28.4 Å². The van der Waals surface area contributed by atoms with E-state index in [2.05, 4.69) is 0 Å². The van der Waals surface area contributed by atoms with E-state index < -0.39 is 4.92 Å². The van der Waals surface area contributed by atoms with Crippen LogP contribution in [-0.2, 0) is 0 Å². The molecule has 0 bridgehead atoms. The Labute approximate surface area is 120 Å². The number of aryl methyl sites for hydroxylation is 1. The maximum atomic E-state index is 11.1. The van der Waals surface area contributed by atoms with Gasteiger partial charge in [-0.1, -0.05) is 23.7 Å². The van der Waals surface area contributed by atoms with Crippen molar-refractivity contribution in [3.8, 4) is 17.6 Å². The second kappa shape index (κ2) is 5.59. The van der Waals surface area contributed by atoms with E-state index in [0.29, 0.717) is 10.6 Å². The predicted octanol–water partition coefficient (Wildman–Crippen LogP) is 4.22. The van der Waals surface area contributed by atoms with Crippen LogP contribution in [-0.4, -0.2) is 4.92 Å². The summed E-state index contributed by atoms with van der Waals surface area (Å²) < 4.78 is 5.51. The number of benzene rings is 2. The SMILES string of the molecule is Cc1cccc(Oc2ccc(Cl)cc2C#N)c1[N+](=O)[O-]. The van der Waals surface area contributed by atoms with E-state index in [0.717, 1.165) is 0 Å². The van der Waals surface area contributed by atoms with E-state index in [1.165, 1.54) is 18.2 Å². The first-order chi connectivity index (χ1) is 9.52. The summed E-state index contributed by atoms with van der Waals surface area (Å²) in [4.78, 5) is 10.6. The maximum Gasteiger partial charge on any atom is 0.314 e. The van der Waals surface area contributed by atoms with Gasteiger partial charge in [0.1, 0.15) is 11.8 Å². The van der Waals surface area contributed by atoms with Crippen LogP contribution in [0.5, 0.6) is 11.5 Å². The fraction of sp³-hybridized carbons (Fsp3) is 0.0714. The molecule has 0 atom stereocenters. The van der Waals surface area contributed by atoms with Gasteiger partial charge in [0.05, 0.1) is 10.5 Å². The lowest BCUT2D eigenvalue weighted by atomic mass is 10.2. The van der Waals surface area contributed by atoms with Gasteiger partial charge >= 0.3 is 5.69 Å². The molecule has 2 aromatic carbocycles. The molecule has 0 aliphatic heterocycles. The van der Waals surface area contributed by atoms with E-state index >= 15 is 0 Å². The van der Waals surface area contributed by atoms with Crippen LogP contribution in [0.2, 0.25) is 5.02 Å². The fourth-order valence-electron chi connectivity index (χ4n) is 1.75. The van der Waals surface area contributed by atoms with Crippen LogP contribution in [0.1, 0.15) is 11.1 Å². The Morgan fingerprint density at radius 1 is 1.30 bits per heavy atom. The highest BCUT2D eigenvalue weighted by molar-refractivity contribution is 6.30. The van der Waals surface area contributed by atoms with Crippen molar-refractivity contribution in [1.82, 2.24) is 0 Å². The molecule has 6 heteroatoms. The number of halogens is 1. The molecule has 0 N–H and O–H groups in total. The number of rotatable bonds is 3. The van der Waals surface area contributed by atoms with Gasteiger partial charge in [-0.15, -0.1) is 0 Å². The van der Waals surface area contributed by atoms with Gasteiger partial charge in [-0.2, -0.15) is 5.26 Å². The summed E-state index contributed by atoms with van der Waals surface area (Å²) in [6, 6.07) is 11.2. The summed E-state index contributed by atoms with van der Waals surface area (Å²) in [6.45, 7) is 1.62. The zero-order chi connectivity index (χ0) is 14.7. The Balaban J connectivity index is 2.49. The van der Waals surface area contributed by atoms with Crippen LogP contribution >= 0.6 is 11.6 Å². The first-order valence-electron chi connectivity index (χ1n) is 5.64. The molecule has 0 saturated heterocycles. The minimum absolute atomic E-state index is 0.0915. The molecule has 5 nitrogen and oxygen atoms in total. The summed E-state index contributed by atoms with van der Waals surface area (Å²) in [5.74, 6) is 0.319. The van der Waals surface area contributed by atoms with Crippen LogP contribution in [0.3, 0.4) is 0 Å². The Morgan fingerprint density at radius 3 is 2.70 bits per heavy atom. The van der Waals surface area contributed by atoms with E-state index in [4.69, 9.17) is 21.6 Å².